The van der Waals surface area contributed by atoms with Crippen molar-refractivity contribution < 1.29 is 9.90 Å². The topological polar surface area (TPSA) is 53.4 Å². The molecule has 0 saturated heterocycles. The van der Waals surface area contributed by atoms with Gasteiger partial charge in [-0.25, -0.2) is 9.78 Å². The number of nitrogens with zero attached hydrogens (tertiary/aromatic N) is 2. The first-order valence-electron chi connectivity index (χ1n) is 5.67. The van der Waals surface area contributed by atoms with Crippen LogP contribution in [0.15, 0.2) is 12.3 Å². The zero-order valence-corrected chi connectivity index (χ0v) is 11.0. The molecule has 0 radical (unpaired) electrons. The Bertz CT molecular complexity index is 409. The third-order valence-electron chi connectivity index (χ3n) is 2.84. The number of aromatic nitrogens is 1. The number of pyridine rings is 1. The van der Waals surface area contributed by atoms with Crippen molar-refractivity contribution in [1.82, 2.24) is 4.98 Å². The lowest BCUT2D eigenvalue weighted by atomic mass is 10.2. The van der Waals surface area contributed by atoms with E-state index in [-0.39, 0.29) is 16.6 Å². The smallest absolute Gasteiger partial charge is 0.337 e. The molecular formula is C12H17ClN2O2. The molecule has 0 aromatic carbocycles. The summed E-state index contributed by atoms with van der Waals surface area (Å²) in [6.07, 6.45) is 2.43. The van der Waals surface area contributed by atoms with Crippen molar-refractivity contribution in [2.24, 2.45) is 0 Å². The second kappa shape index (κ2) is 5.87. The van der Waals surface area contributed by atoms with Gasteiger partial charge in [0.2, 0.25) is 0 Å². The van der Waals surface area contributed by atoms with Crippen LogP contribution in [0.3, 0.4) is 0 Å². The molecule has 1 N–H and O–H groups in total. The largest absolute Gasteiger partial charge is 0.478 e. The Morgan fingerprint density at radius 1 is 1.59 bits per heavy atom. The molecule has 0 aliphatic rings. The number of carboxylic acid groups (broad SMARTS) is 1. The molecule has 0 spiro atoms. The monoisotopic (exact) mass is 256 g/mol. The van der Waals surface area contributed by atoms with E-state index in [1.807, 2.05) is 11.8 Å². The van der Waals surface area contributed by atoms with Gasteiger partial charge in [-0.15, -0.1) is 0 Å². The van der Waals surface area contributed by atoms with Crippen LogP contribution in [0.25, 0.3) is 0 Å². The van der Waals surface area contributed by atoms with E-state index in [1.165, 1.54) is 12.3 Å². The number of aromatic carboxylic acids is 1. The minimum absolute atomic E-state index is 0.0958. The lowest BCUT2D eigenvalue weighted by molar-refractivity contribution is 0.0697. The Balaban J connectivity index is 3.21. The van der Waals surface area contributed by atoms with Gasteiger partial charge in [-0.2, -0.15) is 0 Å². The van der Waals surface area contributed by atoms with Crippen molar-refractivity contribution >= 4 is 23.4 Å². The van der Waals surface area contributed by atoms with Crippen molar-refractivity contribution in [2.75, 3.05) is 11.4 Å². The fourth-order valence-electron chi connectivity index (χ4n) is 1.69. The Labute approximate surface area is 106 Å². The minimum atomic E-state index is -1.03. The lowest BCUT2D eigenvalue weighted by Crippen LogP contribution is -2.33. The number of halogens is 1. The van der Waals surface area contributed by atoms with Gasteiger partial charge in [0.15, 0.2) is 0 Å². The van der Waals surface area contributed by atoms with Gasteiger partial charge >= 0.3 is 5.97 Å². The van der Waals surface area contributed by atoms with Crippen molar-refractivity contribution in [3.8, 4) is 0 Å². The van der Waals surface area contributed by atoms with E-state index in [2.05, 4.69) is 18.8 Å². The summed E-state index contributed by atoms with van der Waals surface area (Å²) < 4.78 is 0. The first-order valence-corrected chi connectivity index (χ1v) is 6.05. The number of carboxylic acids is 1. The first-order chi connectivity index (χ1) is 8.02. The van der Waals surface area contributed by atoms with Gasteiger partial charge in [0, 0.05) is 18.8 Å². The molecule has 1 unspecified atom stereocenters. The van der Waals surface area contributed by atoms with E-state index in [0.717, 1.165) is 13.0 Å². The molecule has 1 heterocycles. The summed E-state index contributed by atoms with van der Waals surface area (Å²) in [4.78, 5) is 17.2. The van der Waals surface area contributed by atoms with Gasteiger partial charge in [0.25, 0.3) is 0 Å². The van der Waals surface area contributed by atoms with Crippen molar-refractivity contribution in [1.29, 1.82) is 0 Å². The van der Waals surface area contributed by atoms with Crippen molar-refractivity contribution in [2.45, 2.75) is 33.2 Å². The maximum Gasteiger partial charge on any atom is 0.337 e. The second-order valence-electron chi connectivity index (χ2n) is 3.84. The Morgan fingerprint density at radius 2 is 2.24 bits per heavy atom. The SMILES string of the molecule is CCC(C)N(CC)c1nccc(C(=O)O)c1Cl. The van der Waals surface area contributed by atoms with Gasteiger partial charge in [-0.05, 0) is 26.3 Å². The van der Waals surface area contributed by atoms with E-state index in [1.54, 1.807) is 0 Å². The number of carbonyl (C=O) groups is 1. The fourth-order valence-corrected chi connectivity index (χ4v) is 1.99. The number of hydrogen-bond acceptors (Lipinski definition) is 3. The van der Waals surface area contributed by atoms with E-state index < -0.39 is 5.97 Å². The summed E-state index contributed by atoms with van der Waals surface area (Å²) in [5.41, 5.74) is 0.0958. The quantitative estimate of drug-likeness (QED) is 0.880. The molecule has 1 atom stereocenters. The number of rotatable bonds is 5. The van der Waals surface area contributed by atoms with E-state index in [0.29, 0.717) is 5.82 Å². The van der Waals surface area contributed by atoms with E-state index >= 15 is 0 Å². The van der Waals surface area contributed by atoms with Gasteiger partial charge in [0.1, 0.15) is 5.82 Å². The fraction of sp³-hybridized carbons (Fsp3) is 0.500. The summed E-state index contributed by atoms with van der Waals surface area (Å²) >= 11 is 6.09. The van der Waals surface area contributed by atoms with Crippen molar-refractivity contribution in [3.63, 3.8) is 0 Å². The molecule has 0 amide bonds. The molecular weight excluding hydrogens is 240 g/mol. The van der Waals surface area contributed by atoms with Crippen molar-refractivity contribution in [3.05, 3.63) is 22.8 Å². The average Bonchev–Trinajstić information content (AvgIpc) is 2.31. The highest BCUT2D eigenvalue weighted by atomic mass is 35.5. The summed E-state index contributed by atoms with van der Waals surface area (Å²) in [6.45, 7) is 6.87. The molecule has 1 aromatic rings. The highest BCUT2D eigenvalue weighted by Gasteiger charge is 2.19. The average molecular weight is 257 g/mol. The van der Waals surface area contributed by atoms with Crippen LogP contribution >= 0.6 is 11.6 Å². The summed E-state index contributed by atoms with van der Waals surface area (Å²) in [6, 6.07) is 1.69. The molecule has 1 aromatic heterocycles. The van der Waals surface area contributed by atoms with Crippen LogP contribution < -0.4 is 4.90 Å². The highest BCUT2D eigenvalue weighted by Crippen LogP contribution is 2.28. The summed E-state index contributed by atoms with van der Waals surface area (Å²) in [5.74, 6) is -0.484. The predicted octanol–water partition coefficient (Wildman–Crippen LogP) is 3.06. The first kappa shape index (κ1) is 13.8. The molecule has 5 heteroatoms. The maximum atomic E-state index is 11.0. The molecule has 17 heavy (non-hydrogen) atoms. The Kier molecular flexibility index (Phi) is 4.75. The van der Waals surface area contributed by atoms with Crippen LogP contribution in [0.2, 0.25) is 5.02 Å². The number of anilines is 1. The summed E-state index contributed by atoms with van der Waals surface area (Å²) in [7, 11) is 0. The van der Waals surface area contributed by atoms with Crippen LogP contribution in [0.1, 0.15) is 37.6 Å². The van der Waals surface area contributed by atoms with E-state index in [9.17, 15) is 4.79 Å². The van der Waals surface area contributed by atoms with Gasteiger partial charge in [0.05, 0.1) is 10.6 Å². The molecule has 94 valence electrons. The lowest BCUT2D eigenvalue weighted by Gasteiger charge is -2.29. The molecule has 0 saturated carbocycles. The Morgan fingerprint density at radius 3 is 2.71 bits per heavy atom. The molecule has 0 aliphatic heterocycles. The standard InChI is InChI=1S/C12H17ClN2O2/c1-4-8(3)15(5-2)11-10(13)9(12(16)17)6-7-14-11/h6-8H,4-5H2,1-3H3,(H,16,17). The molecule has 1 rings (SSSR count). The minimum Gasteiger partial charge on any atom is -0.478 e. The zero-order chi connectivity index (χ0) is 13.0. The van der Waals surface area contributed by atoms with Gasteiger partial charge in [-0.3, -0.25) is 0 Å². The maximum absolute atomic E-state index is 11.0. The number of hydrogen-bond donors (Lipinski definition) is 1. The molecule has 0 bridgehead atoms. The molecule has 4 nitrogen and oxygen atoms in total. The summed E-state index contributed by atoms with van der Waals surface area (Å²) in [5, 5.41) is 9.22. The predicted molar refractivity (Wildman–Crippen MR) is 69.0 cm³/mol. The van der Waals surface area contributed by atoms with Gasteiger partial charge < -0.3 is 10.0 Å². The zero-order valence-electron chi connectivity index (χ0n) is 10.3. The second-order valence-corrected chi connectivity index (χ2v) is 4.22. The van der Waals surface area contributed by atoms with Crippen LogP contribution in [-0.2, 0) is 0 Å². The van der Waals surface area contributed by atoms with Gasteiger partial charge in [-0.1, -0.05) is 18.5 Å². The third kappa shape index (κ3) is 2.88. The molecule has 0 aliphatic carbocycles. The van der Waals surface area contributed by atoms with Crippen LogP contribution in [0, 0.1) is 0 Å². The van der Waals surface area contributed by atoms with E-state index in [4.69, 9.17) is 16.7 Å². The highest BCUT2D eigenvalue weighted by molar-refractivity contribution is 6.35. The Hall–Kier alpha value is -1.29. The normalized spacial score (nSPS) is 12.2. The van der Waals surface area contributed by atoms with Crippen LogP contribution in [0.5, 0.6) is 0 Å². The molecule has 0 fully saturated rings. The van der Waals surface area contributed by atoms with Crippen LogP contribution in [0.4, 0.5) is 5.82 Å². The third-order valence-corrected chi connectivity index (χ3v) is 3.21. The van der Waals surface area contributed by atoms with Crippen LogP contribution in [-0.4, -0.2) is 28.6 Å².